The van der Waals surface area contributed by atoms with Gasteiger partial charge in [0.2, 0.25) is 0 Å². The lowest BCUT2D eigenvalue weighted by molar-refractivity contribution is 0.568. The summed E-state index contributed by atoms with van der Waals surface area (Å²) in [5.74, 6) is 0. The van der Waals surface area contributed by atoms with E-state index in [9.17, 15) is 0 Å². The maximum atomic E-state index is 5.90. The number of fused-ring (bicyclic) bond motifs is 6. The van der Waals surface area contributed by atoms with Crippen molar-refractivity contribution >= 4 is 122 Å². The van der Waals surface area contributed by atoms with Crippen LogP contribution in [-0.2, 0) is 32.5 Å². The molecule has 1 aromatic heterocycles. The summed E-state index contributed by atoms with van der Waals surface area (Å²) in [7, 11) is 0. The molecule has 0 saturated carbocycles. The van der Waals surface area contributed by atoms with Crippen molar-refractivity contribution in [3.05, 3.63) is 240 Å². The van der Waals surface area contributed by atoms with Crippen LogP contribution in [0.1, 0.15) is 158 Å². The zero-order valence-electron chi connectivity index (χ0n) is 59.0. The molecule has 14 aromatic rings. The Balaban J connectivity index is 1.08. The first-order valence-corrected chi connectivity index (χ1v) is 34.6. The summed E-state index contributed by atoms with van der Waals surface area (Å²) in [6.07, 6.45) is 0. The van der Waals surface area contributed by atoms with Gasteiger partial charge >= 0.3 is 0 Å². The first-order valence-electron chi connectivity index (χ1n) is 34.6. The van der Waals surface area contributed by atoms with Gasteiger partial charge in [-0.05, 0) is 243 Å². The lowest BCUT2D eigenvalue weighted by atomic mass is 9.32. The Hall–Kier alpha value is -9.25. The third-order valence-electron chi connectivity index (χ3n) is 21.4. The third-order valence-corrected chi connectivity index (χ3v) is 21.4. The van der Waals surface area contributed by atoms with Crippen LogP contribution < -0.4 is 26.2 Å². The molecule has 16 rings (SSSR count). The van der Waals surface area contributed by atoms with E-state index >= 15 is 0 Å². The summed E-state index contributed by atoms with van der Waals surface area (Å²) >= 11 is 0. The van der Waals surface area contributed by atoms with Crippen molar-refractivity contribution in [2.75, 3.05) is 9.80 Å². The zero-order chi connectivity index (χ0) is 66.5. The number of aromatic nitrogens is 1. The molecule has 0 bridgehead atoms. The van der Waals surface area contributed by atoms with Crippen molar-refractivity contribution < 1.29 is 0 Å². The molecule has 0 amide bonds. The number of anilines is 6. The van der Waals surface area contributed by atoms with Gasteiger partial charge in [0.15, 0.2) is 0 Å². The van der Waals surface area contributed by atoms with Gasteiger partial charge in [-0.15, -0.1) is 0 Å². The van der Waals surface area contributed by atoms with E-state index in [4.69, 9.17) is 4.98 Å². The zero-order valence-corrected chi connectivity index (χ0v) is 59.0. The second-order valence-electron chi connectivity index (χ2n) is 34.2. The summed E-state index contributed by atoms with van der Waals surface area (Å²) in [5, 5.41) is 15.5. The molecule has 13 aromatic carbocycles. The van der Waals surface area contributed by atoms with Crippen LogP contribution in [0.15, 0.2) is 206 Å². The number of hydrogen-bond donors (Lipinski definition) is 0. The molecule has 0 N–H and O–H groups in total. The van der Waals surface area contributed by atoms with E-state index < -0.39 is 0 Å². The van der Waals surface area contributed by atoms with E-state index in [-0.39, 0.29) is 39.2 Å². The molecule has 3 nitrogen and oxygen atoms in total. The summed E-state index contributed by atoms with van der Waals surface area (Å²) in [5.41, 5.74) is 24.8. The molecule has 0 saturated heterocycles. The van der Waals surface area contributed by atoms with Crippen LogP contribution in [0.3, 0.4) is 0 Å². The summed E-state index contributed by atoms with van der Waals surface area (Å²) < 4.78 is 0. The number of nitrogens with zero attached hydrogens (tertiary/aromatic N) is 3. The predicted molar refractivity (Wildman–Crippen MR) is 414 cm³/mol. The first kappa shape index (κ1) is 60.7. The molecule has 0 unspecified atom stereocenters. The van der Waals surface area contributed by atoms with Crippen molar-refractivity contribution in [1.82, 2.24) is 4.98 Å². The van der Waals surface area contributed by atoms with Crippen LogP contribution in [0.25, 0.3) is 98.3 Å². The average molecular weight is 1230 g/mol. The SMILES string of the molecule is CC(C)(C)c1ccc(N2c3cc(-c4cc(-c5cc(C(C)(C)C)cc(C(C)(C)C)c5)nc(-c5cc(C(C)(C)C)cc(C(C)(C)C)c5)c4)cc4c3B(c3c2cc2ccc5cccc6ccc3c2c56)c2c(cc3ccc5cccc6ccc2c3c56)N4c2ccc(C(C)(C)C)cc2)cc1. The molecule has 2 aliphatic heterocycles. The third kappa shape index (κ3) is 9.85. The highest BCUT2D eigenvalue weighted by molar-refractivity contribution is 7.03. The van der Waals surface area contributed by atoms with Crippen LogP contribution in [-0.4, -0.2) is 11.7 Å². The molecular weight excluding hydrogens is 1150 g/mol. The van der Waals surface area contributed by atoms with Gasteiger partial charge in [-0.25, -0.2) is 4.98 Å². The molecule has 95 heavy (non-hydrogen) atoms. The van der Waals surface area contributed by atoms with Crippen molar-refractivity contribution in [2.24, 2.45) is 0 Å². The van der Waals surface area contributed by atoms with Crippen LogP contribution >= 0.6 is 0 Å². The minimum absolute atomic E-state index is 0.0439. The highest BCUT2D eigenvalue weighted by Gasteiger charge is 2.46. The van der Waals surface area contributed by atoms with Gasteiger partial charge < -0.3 is 9.80 Å². The fourth-order valence-electron chi connectivity index (χ4n) is 15.8. The lowest BCUT2D eigenvalue weighted by Gasteiger charge is -2.45. The highest BCUT2D eigenvalue weighted by atomic mass is 15.2. The van der Waals surface area contributed by atoms with Crippen molar-refractivity contribution in [1.29, 1.82) is 0 Å². The fraction of sp³-hybridized carbons (Fsp3) is 0.264. The van der Waals surface area contributed by atoms with E-state index in [1.54, 1.807) is 0 Å². The molecule has 0 spiro atoms. The van der Waals surface area contributed by atoms with E-state index in [1.807, 2.05) is 0 Å². The summed E-state index contributed by atoms with van der Waals surface area (Å²) in [6, 6.07) is 81.5. The Kier molecular flexibility index (Phi) is 13.2. The van der Waals surface area contributed by atoms with Gasteiger partial charge in [0, 0.05) is 45.3 Å². The highest BCUT2D eigenvalue weighted by Crippen LogP contribution is 2.52. The van der Waals surface area contributed by atoms with Crippen molar-refractivity contribution in [2.45, 2.75) is 157 Å². The minimum atomic E-state index is -0.182. The Labute approximate surface area is 563 Å². The number of rotatable bonds is 5. The van der Waals surface area contributed by atoms with Gasteiger partial charge in [-0.3, -0.25) is 0 Å². The van der Waals surface area contributed by atoms with Gasteiger partial charge in [0.05, 0.1) is 11.4 Å². The van der Waals surface area contributed by atoms with Crippen LogP contribution in [0.4, 0.5) is 34.1 Å². The standard InChI is InChI=1S/C91H88BN3/c1-86(2,3)63-31-35-69(36-32-63)94-75-47-57-27-25-53-21-19-23-55-29-39-71(81(57)79(53)55)83(75)92-84-72-40-30-56-24-20-22-54-26-28-58(82(72)80(54)56)48-76(84)95(70-37-33-64(34-38-70)87(4,5)6)78-50-60(49-77(94)85(78)92)59-45-73(61-41-65(88(7,8)9)51-66(42-61)89(10,11)12)93-74(46-59)62-43-67(90(13,14)15)52-68(44-62)91(16,17)18/h19-52H,1-18H3. The van der Waals surface area contributed by atoms with E-state index in [0.717, 1.165) is 45.0 Å². The van der Waals surface area contributed by atoms with Crippen molar-refractivity contribution in [3.63, 3.8) is 0 Å². The van der Waals surface area contributed by atoms with Crippen LogP contribution in [0.2, 0.25) is 0 Å². The predicted octanol–water partition coefficient (Wildman–Crippen LogP) is 23.7. The number of hydrogen-bond acceptors (Lipinski definition) is 3. The molecule has 3 heterocycles. The molecular formula is C91H88BN3. The lowest BCUT2D eigenvalue weighted by Crippen LogP contribution is -2.61. The molecule has 0 fully saturated rings. The van der Waals surface area contributed by atoms with Gasteiger partial charge in [-0.1, -0.05) is 246 Å². The van der Waals surface area contributed by atoms with E-state index in [2.05, 4.69) is 341 Å². The molecule has 4 heteroatoms. The largest absolute Gasteiger partial charge is 0.311 e. The summed E-state index contributed by atoms with van der Waals surface area (Å²) in [6.45, 7) is 41.9. The Bertz CT molecular complexity index is 5040. The topological polar surface area (TPSA) is 19.4 Å². The Morgan fingerprint density at radius 1 is 0.253 bits per heavy atom. The van der Waals surface area contributed by atoms with E-state index in [1.165, 1.54) is 137 Å². The summed E-state index contributed by atoms with van der Waals surface area (Å²) in [4.78, 5) is 11.2. The van der Waals surface area contributed by atoms with Gasteiger partial charge in [-0.2, -0.15) is 0 Å². The number of benzene rings is 13. The molecule has 0 aliphatic carbocycles. The maximum absolute atomic E-state index is 5.90. The molecule has 0 radical (unpaired) electrons. The Morgan fingerprint density at radius 3 is 0.895 bits per heavy atom. The van der Waals surface area contributed by atoms with Gasteiger partial charge in [0.1, 0.15) is 0 Å². The Morgan fingerprint density at radius 2 is 0.558 bits per heavy atom. The van der Waals surface area contributed by atoms with Gasteiger partial charge in [0.25, 0.3) is 6.71 Å². The molecule has 2 aliphatic rings. The molecule has 470 valence electrons. The quantitative estimate of drug-likeness (QED) is 0.126. The monoisotopic (exact) mass is 1230 g/mol. The van der Waals surface area contributed by atoms with E-state index in [0.29, 0.717) is 0 Å². The minimum Gasteiger partial charge on any atom is -0.311 e. The smallest absolute Gasteiger partial charge is 0.253 e. The first-order chi connectivity index (χ1) is 44.8. The average Bonchev–Trinajstić information content (AvgIpc) is 0.676. The van der Waals surface area contributed by atoms with Crippen molar-refractivity contribution in [3.8, 4) is 33.6 Å². The molecule has 0 atom stereocenters. The normalized spacial score (nSPS) is 13.9. The fourth-order valence-corrected chi connectivity index (χ4v) is 15.8. The second-order valence-corrected chi connectivity index (χ2v) is 34.2. The maximum Gasteiger partial charge on any atom is 0.253 e. The van der Waals surface area contributed by atoms with Crippen LogP contribution in [0.5, 0.6) is 0 Å². The van der Waals surface area contributed by atoms with Crippen LogP contribution in [0, 0.1) is 0 Å². The second kappa shape index (κ2) is 20.6. The number of pyridine rings is 1.